The van der Waals surface area contributed by atoms with Crippen LogP contribution in [0.15, 0.2) is 42.5 Å². The highest BCUT2D eigenvalue weighted by atomic mass is 16.5. The first-order chi connectivity index (χ1) is 9.61. The Morgan fingerprint density at radius 3 is 2.60 bits per heavy atom. The fraction of sp³-hybridized carbons (Fsp3) is 0.133. The molecule has 0 saturated carbocycles. The third-order valence-electron chi connectivity index (χ3n) is 2.85. The molecule has 0 radical (unpaired) electrons. The monoisotopic (exact) mass is 272 g/mol. The number of hydrogen-bond donors (Lipinski definition) is 2. The van der Waals surface area contributed by atoms with Gasteiger partial charge in [0.15, 0.2) is 11.5 Å². The second kappa shape index (κ2) is 5.97. The predicted octanol–water partition coefficient (Wildman–Crippen LogP) is 1.96. The number of ether oxygens (including phenoxy) is 2. The average Bonchev–Trinajstić information content (AvgIpc) is 2.45. The number of amides is 1. The van der Waals surface area contributed by atoms with Gasteiger partial charge in [0, 0.05) is 22.9 Å². The largest absolute Gasteiger partial charge is 0.493 e. The van der Waals surface area contributed by atoms with Gasteiger partial charge in [0.25, 0.3) is 0 Å². The lowest BCUT2D eigenvalue weighted by Gasteiger charge is -2.12. The van der Waals surface area contributed by atoms with E-state index in [0.29, 0.717) is 28.3 Å². The van der Waals surface area contributed by atoms with Crippen molar-refractivity contribution in [2.45, 2.75) is 6.61 Å². The first kappa shape index (κ1) is 13.7. The third kappa shape index (κ3) is 3.00. The molecule has 0 bridgehead atoms. The number of carbonyl (C=O) groups is 1. The molecule has 0 aliphatic rings. The number of anilines is 1. The van der Waals surface area contributed by atoms with E-state index in [2.05, 4.69) is 0 Å². The number of methoxy groups -OCH3 is 1. The van der Waals surface area contributed by atoms with Crippen molar-refractivity contribution in [3.8, 4) is 11.5 Å². The van der Waals surface area contributed by atoms with E-state index in [1.807, 2.05) is 6.07 Å². The topological polar surface area (TPSA) is 87.6 Å². The molecule has 0 atom stereocenters. The summed E-state index contributed by atoms with van der Waals surface area (Å²) in [6.07, 6.45) is 0. The number of primary amides is 1. The summed E-state index contributed by atoms with van der Waals surface area (Å²) in [7, 11) is 1.55. The first-order valence-electron chi connectivity index (χ1n) is 6.06. The van der Waals surface area contributed by atoms with Crippen molar-refractivity contribution >= 4 is 11.6 Å². The van der Waals surface area contributed by atoms with Crippen molar-refractivity contribution < 1.29 is 14.3 Å². The minimum absolute atomic E-state index is 0.207. The van der Waals surface area contributed by atoms with E-state index in [9.17, 15) is 4.79 Å². The van der Waals surface area contributed by atoms with Crippen molar-refractivity contribution in [2.75, 3.05) is 12.8 Å². The maximum absolute atomic E-state index is 11.3. The van der Waals surface area contributed by atoms with Gasteiger partial charge in [-0.3, -0.25) is 4.79 Å². The van der Waals surface area contributed by atoms with E-state index in [0.717, 1.165) is 0 Å². The lowest BCUT2D eigenvalue weighted by Crippen LogP contribution is -2.14. The van der Waals surface area contributed by atoms with Gasteiger partial charge in [0.05, 0.1) is 7.11 Å². The van der Waals surface area contributed by atoms with E-state index in [1.54, 1.807) is 43.5 Å². The zero-order valence-corrected chi connectivity index (χ0v) is 11.1. The summed E-state index contributed by atoms with van der Waals surface area (Å²) in [5.74, 6) is 0.617. The minimum Gasteiger partial charge on any atom is -0.493 e. The highest BCUT2D eigenvalue weighted by Crippen LogP contribution is 2.29. The Kier molecular flexibility index (Phi) is 4.10. The number of hydrogen-bond acceptors (Lipinski definition) is 4. The molecule has 0 aliphatic heterocycles. The Hall–Kier alpha value is -2.69. The molecular formula is C15H16N2O3. The number of rotatable bonds is 5. The van der Waals surface area contributed by atoms with E-state index < -0.39 is 5.91 Å². The summed E-state index contributed by atoms with van der Waals surface area (Å²) in [6.45, 7) is 0.207. The maximum Gasteiger partial charge on any atom is 0.249 e. The summed E-state index contributed by atoms with van der Waals surface area (Å²) in [5.41, 5.74) is 12.8. The number of carbonyl (C=O) groups excluding carboxylic acids is 1. The summed E-state index contributed by atoms with van der Waals surface area (Å²) in [6, 6.07) is 12.2. The van der Waals surface area contributed by atoms with Gasteiger partial charge in [-0.2, -0.15) is 0 Å². The van der Waals surface area contributed by atoms with Gasteiger partial charge in [-0.25, -0.2) is 0 Å². The Morgan fingerprint density at radius 2 is 1.90 bits per heavy atom. The molecule has 0 spiro atoms. The molecule has 4 N–H and O–H groups in total. The molecule has 1 amide bonds. The van der Waals surface area contributed by atoms with Crippen molar-refractivity contribution in [3.63, 3.8) is 0 Å². The van der Waals surface area contributed by atoms with Gasteiger partial charge in [-0.15, -0.1) is 0 Å². The fourth-order valence-corrected chi connectivity index (χ4v) is 1.85. The average molecular weight is 272 g/mol. The Bertz CT molecular complexity index is 626. The minimum atomic E-state index is -0.483. The van der Waals surface area contributed by atoms with Gasteiger partial charge in [0.1, 0.15) is 6.61 Å². The zero-order valence-electron chi connectivity index (χ0n) is 11.1. The summed E-state index contributed by atoms with van der Waals surface area (Å²) >= 11 is 0. The van der Waals surface area contributed by atoms with E-state index >= 15 is 0 Å². The van der Waals surface area contributed by atoms with Gasteiger partial charge < -0.3 is 20.9 Å². The van der Waals surface area contributed by atoms with E-state index in [4.69, 9.17) is 20.9 Å². The molecule has 2 aromatic carbocycles. The zero-order chi connectivity index (χ0) is 14.5. The van der Waals surface area contributed by atoms with Crippen LogP contribution in [-0.2, 0) is 6.61 Å². The normalized spacial score (nSPS) is 10.1. The van der Waals surface area contributed by atoms with Crippen molar-refractivity contribution in [1.82, 2.24) is 0 Å². The van der Waals surface area contributed by atoms with Crippen molar-refractivity contribution in [1.29, 1.82) is 0 Å². The van der Waals surface area contributed by atoms with Crippen molar-refractivity contribution in [3.05, 3.63) is 53.6 Å². The standard InChI is InChI=1S/C15H16N2O3/c1-19-13-7-6-11(16)8-14(13)20-9-10-4-2-3-5-12(10)15(17)18/h2-8H,9,16H2,1H3,(H2,17,18). The van der Waals surface area contributed by atoms with Crippen LogP contribution in [-0.4, -0.2) is 13.0 Å². The van der Waals surface area contributed by atoms with Gasteiger partial charge in [-0.1, -0.05) is 18.2 Å². The Labute approximate surface area is 117 Å². The van der Waals surface area contributed by atoms with Crippen LogP contribution < -0.4 is 20.9 Å². The molecule has 104 valence electrons. The number of nitrogen functional groups attached to an aromatic ring is 1. The highest BCUT2D eigenvalue weighted by molar-refractivity contribution is 5.94. The second-order valence-corrected chi connectivity index (χ2v) is 4.22. The SMILES string of the molecule is COc1ccc(N)cc1OCc1ccccc1C(N)=O. The molecule has 2 rings (SSSR count). The molecule has 0 aliphatic carbocycles. The molecule has 0 aromatic heterocycles. The predicted molar refractivity (Wildman–Crippen MR) is 76.7 cm³/mol. The first-order valence-corrected chi connectivity index (χ1v) is 6.06. The number of nitrogens with two attached hydrogens (primary N) is 2. The van der Waals surface area contributed by atoms with Crippen LogP contribution in [0, 0.1) is 0 Å². The molecule has 0 fully saturated rings. The Balaban J connectivity index is 2.21. The second-order valence-electron chi connectivity index (χ2n) is 4.22. The van der Waals surface area contributed by atoms with Crippen LogP contribution in [0.3, 0.4) is 0 Å². The van der Waals surface area contributed by atoms with Gasteiger partial charge in [0.2, 0.25) is 5.91 Å². The molecule has 2 aromatic rings. The Morgan fingerprint density at radius 1 is 1.15 bits per heavy atom. The van der Waals surface area contributed by atoms with Crippen LogP contribution in [0.2, 0.25) is 0 Å². The highest BCUT2D eigenvalue weighted by Gasteiger charge is 2.10. The molecule has 5 nitrogen and oxygen atoms in total. The number of benzene rings is 2. The smallest absolute Gasteiger partial charge is 0.249 e. The molecule has 20 heavy (non-hydrogen) atoms. The van der Waals surface area contributed by atoms with Crippen LogP contribution in [0.1, 0.15) is 15.9 Å². The van der Waals surface area contributed by atoms with Gasteiger partial charge in [-0.05, 0) is 18.2 Å². The van der Waals surface area contributed by atoms with Crippen LogP contribution in [0.4, 0.5) is 5.69 Å². The van der Waals surface area contributed by atoms with Crippen LogP contribution in [0.5, 0.6) is 11.5 Å². The molecule has 0 unspecified atom stereocenters. The summed E-state index contributed by atoms with van der Waals surface area (Å²) < 4.78 is 10.9. The lowest BCUT2D eigenvalue weighted by molar-refractivity contribution is 0.0998. The molecule has 5 heteroatoms. The summed E-state index contributed by atoms with van der Waals surface area (Å²) in [4.78, 5) is 11.3. The van der Waals surface area contributed by atoms with Crippen LogP contribution in [0.25, 0.3) is 0 Å². The molecule has 0 heterocycles. The fourth-order valence-electron chi connectivity index (χ4n) is 1.85. The van der Waals surface area contributed by atoms with Gasteiger partial charge >= 0.3 is 0 Å². The maximum atomic E-state index is 11.3. The lowest BCUT2D eigenvalue weighted by atomic mass is 10.1. The van der Waals surface area contributed by atoms with Crippen molar-refractivity contribution in [2.24, 2.45) is 5.73 Å². The quantitative estimate of drug-likeness (QED) is 0.814. The van der Waals surface area contributed by atoms with E-state index in [-0.39, 0.29) is 6.61 Å². The molecule has 0 saturated heterocycles. The van der Waals surface area contributed by atoms with Crippen LogP contribution >= 0.6 is 0 Å². The summed E-state index contributed by atoms with van der Waals surface area (Å²) in [5, 5.41) is 0. The molecular weight excluding hydrogens is 256 g/mol. The van der Waals surface area contributed by atoms with E-state index in [1.165, 1.54) is 0 Å². The third-order valence-corrected chi connectivity index (χ3v) is 2.85.